The molecule has 0 unspecified atom stereocenters. The van der Waals surface area contributed by atoms with E-state index >= 15 is 0 Å². The van der Waals surface area contributed by atoms with Crippen molar-refractivity contribution in [1.29, 1.82) is 0 Å². The third-order valence-corrected chi connectivity index (χ3v) is 3.91. The van der Waals surface area contributed by atoms with Gasteiger partial charge in [0.05, 0.1) is 23.0 Å². The maximum atomic E-state index is 13.3. The minimum Gasteiger partial charge on any atom is -0.305 e. The average Bonchev–Trinajstić information content (AvgIpc) is 2.85. The molecule has 0 aliphatic heterocycles. The summed E-state index contributed by atoms with van der Waals surface area (Å²) in [6.45, 7) is 0.234. The van der Waals surface area contributed by atoms with Crippen molar-refractivity contribution in [3.63, 3.8) is 0 Å². The van der Waals surface area contributed by atoms with Crippen LogP contribution < -0.4 is 4.80 Å². The lowest BCUT2D eigenvalue weighted by Gasteiger charge is -1.99. The van der Waals surface area contributed by atoms with Crippen LogP contribution in [0.15, 0.2) is 41.8 Å². The van der Waals surface area contributed by atoms with Gasteiger partial charge in [0.1, 0.15) is 11.5 Å². The Bertz CT molecular complexity index is 953. The van der Waals surface area contributed by atoms with E-state index in [2.05, 4.69) is 20.9 Å². The number of terminal acetylenes is 1. The standard InChI is InChI=1S/C15H9FN4OS/c1-2-7-20-12-4-3-10(16)8-13(12)22-15(20)19-14(21)11-9-17-5-6-18-11/h1,3-6,8-9H,7H2. The van der Waals surface area contributed by atoms with E-state index < -0.39 is 5.91 Å². The highest BCUT2D eigenvalue weighted by Crippen LogP contribution is 2.18. The van der Waals surface area contributed by atoms with E-state index in [1.807, 2.05) is 0 Å². The Hall–Kier alpha value is -2.85. The Morgan fingerprint density at radius 1 is 1.45 bits per heavy atom. The molecule has 0 spiro atoms. The fraction of sp³-hybridized carbons (Fsp3) is 0.0667. The number of nitrogens with zero attached hydrogens (tertiary/aromatic N) is 4. The summed E-state index contributed by atoms with van der Waals surface area (Å²) >= 11 is 1.19. The van der Waals surface area contributed by atoms with Gasteiger partial charge < -0.3 is 4.57 Å². The predicted molar refractivity (Wildman–Crippen MR) is 80.5 cm³/mol. The number of benzene rings is 1. The Morgan fingerprint density at radius 3 is 3.05 bits per heavy atom. The van der Waals surface area contributed by atoms with Crippen molar-refractivity contribution in [2.75, 3.05) is 0 Å². The minimum atomic E-state index is -0.522. The molecule has 2 heterocycles. The molecular weight excluding hydrogens is 303 g/mol. The van der Waals surface area contributed by atoms with Gasteiger partial charge in [0.15, 0.2) is 4.80 Å². The van der Waals surface area contributed by atoms with Gasteiger partial charge in [-0.3, -0.25) is 9.78 Å². The highest BCUT2D eigenvalue weighted by atomic mass is 32.1. The summed E-state index contributed by atoms with van der Waals surface area (Å²) in [5, 5.41) is 0. The van der Waals surface area contributed by atoms with Crippen molar-refractivity contribution in [2.24, 2.45) is 4.99 Å². The van der Waals surface area contributed by atoms with Crippen molar-refractivity contribution in [3.05, 3.63) is 53.1 Å². The summed E-state index contributed by atoms with van der Waals surface area (Å²) in [7, 11) is 0. The normalized spacial score (nSPS) is 11.5. The number of carbonyl (C=O) groups excluding carboxylic acids is 1. The van der Waals surface area contributed by atoms with E-state index in [1.165, 1.54) is 42.1 Å². The second kappa shape index (κ2) is 5.87. The van der Waals surface area contributed by atoms with Gasteiger partial charge in [0.25, 0.3) is 5.91 Å². The quantitative estimate of drug-likeness (QED) is 0.680. The lowest BCUT2D eigenvalue weighted by molar-refractivity contribution is 0.0993. The second-order valence-corrected chi connectivity index (χ2v) is 5.30. The van der Waals surface area contributed by atoms with Crippen LogP contribution in [0, 0.1) is 18.2 Å². The van der Waals surface area contributed by atoms with E-state index in [0.29, 0.717) is 9.50 Å². The first-order chi connectivity index (χ1) is 10.7. The maximum absolute atomic E-state index is 13.3. The Balaban J connectivity index is 2.17. The van der Waals surface area contributed by atoms with Gasteiger partial charge >= 0.3 is 0 Å². The molecule has 7 heteroatoms. The van der Waals surface area contributed by atoms with E-state index in [0.717, 1.165) is 5.52 Å². The van der Waals surface area contributed by atoms with Crippen molar-refractivity contribution in [2.45, 2.75) is 6.54 Å². The number of thiazole rings is 1. The zero-order valence-electron chi connectivity index (χ0n) is 11.2. The minimum absolute atomic E-state index is 0.137. The summed E-state index contributed by atoms with van der Waals surface area (Å²) in [4.78, 5) is 24.3. The van der Waals surface area contributed by atoms with Crippen LogP contribution in [-0.2, 0) is 6.54 Å². The average molecular weight is 312 g/mol. The van der Waals surface area contributed by atoms with Crippen LogP contribution >= 0.6 is 11.3 Å². The van der Waals surface area contributed by atoms with Gasteiger partial charge in [-0.15, -0.1) is 6.42 Å². The molecule has 3 aromatic rings. The molecule has 0 aliphatic rings. The van der Waals surface area contributed by atoms with Crippen molar-refractivity contribution < 1.29 is 9.18 Å². The van der Waals surface area contributed by atoms with E-state index in [1.54, 1.807) is 10.6 Å². The topological polar surface area (TPSA) is 60.1 Å². The second-order valence-electron chi connectivity index (χ2n) is 4.29. The molecule has 5 nitrogen and oxygen atoms in total. The van der Waals surface area contributed by atoms with Crippen LogP contribution in [0.2, 0.25) is 0 Å². The van der Waals surface area contributed by atoms with Crippen LogP contribution in [0.25, 0.3) is 10.2 Å². The molecule has 0 fully saturated rings. The zero-order chi connectivity index (χ0) is 15.5. The fourth-order valence-corrected chi connectivity index (χ4v) is 2.98. The van der Waals surface area contributed by atoms with Crippen LogP contribution in [0.4, 0.5) is 4.39 Å². The summed E-state index contributed by atoms with van der Waals surface area (Å²) in [6.07, 6.45) is 9.58. The third kappa shape index (κ3) is 2.64. The number of amides is 1. The first-order valence-corrected chi connectivity index (χ1v) is 7.08. The molecule has 1 amide bonds. The van der Waals surface area contributed by atoms with Crippen molar-refractivity contribution in [1.82, 2.24) is 14.5 Å². The van der Waals surface area contributed by atoms with Gasteiger partial charge in [-0.05, 0) is 18.2 Å². The van der Waals surface area contributed by atoms with Gasteiger partial charge in [-0.25, -0.2) is 9.37 Å². The molecule has 3 rings (SSSR count). The molecule has 1 aromatic carbocycles. The molecule has 0 saturated heterocycles. The number of rotatable bonds is 2. The van der Waals surface area contributed by atoms with E-state index in [-0.39, 0.29) is 18.1 Å². The lowest BCUT2D eigenvalue weighted by atomic mass is 10.3. The van der Waals surface area contributed by atoms with Gasteiger partial charge in [-0.2, -0.15) is 4.99 Å². The largest absolute Gasteiger partial charge is 0.305 e. The zero-order valence-corrected chi connectivity index (χ0v) is 12.0. The molecule has 108 valence electrons. The van der Waals surface area contributed by atoms with Crippen LogP contribution in [-0.4, -0.2) is 20.4 Å². The summed E-state index contributed by atoms with van der Waals surface area (Å²) < 4.78 is 15.7. The highest BCUT2D eigenvalue weighted by molar-refractivity contribution is 7.16. The highest BCUT2D eigenvalue weighted by Gasteiger charge is 2.10. The first kappa shape index (κ1) is 14.1. The Kier molecular flexibility index (Phi) is 3.76. The smallest absolute Gasteiger partial charge is 0.299 e. The number of aromatic nitrogens is 3. The van der Waals surface area contributed by atoms with Crippen molar-refractivity contribution in [3.8, 4) is 12.3 Å². The van der Waals surface area contributed by atoms with Gasteiger partial charge in [0.2, 0.25) is 0 Å². The van der Waals surface area contributed by atoms with Gasteiger partial charge in [0, 0.05) is 12.4 Å². The molecule has 0 radical (unpaired) electrons. The number of fused-ring (bicyclic) bond motifs is 1. The molecule has 0 aliphatic carbocycles. The number of hydrogen-bond donors (Lipinski definition) is 0. The molecule has 0 N–H and O–H groups in total. The van der Waals surface area contributed by atoms with Crippen molar-refractivity contribution >= 4 is 27.5 Å². The molecule has 22 heavy (non-hydrogen) atoms. The van der Waals surface area contributed by atoms with Crippen LogP contribution in [0.5, 0.6) is 0 Å². The number of halogens is 1. The molecule has 0 atom stereocenters. The third-order valence-electron chi connectivity index (χ3n) is 2.87. The molecule has 0 bridgehead atoms. The fourth-order valence-electron chi connectivity index (χ4n) is 1.93. The molecule has 2 aromatic heterocycles. The first-order valence-electron chi connectivity index (χ1n) is 6.26. The predicted octanol–water partition coefficient (Wildman–Crippen LogP) is 2.01. The number of carbonyl (C=O) groups is 1. The van der Waals surface area contributed by atoms with E-state index in [9.17, 15) is 9.18 Å². The Labute approximate surface area is 128 Å². The van der Waals surface area contributed by atoms with Crippen LogP contribution in [0.1, 0.15) is 10.5 Å². The van der Waals surface area contributed by atoms with E-state index in [4.69, 9.17) is 6.42 Å². The molecular formula is C15H9FN4OS. The summed E-state index contributed by atoms with van der Waals surface area (Å²) in [5.74, 6) is 1.63. The van der Waals surface area contributed by atoms with Gasteiger partial charge in [-0.1, -0.05) is 17.3 Å². The van der Waals surface area contributed by atoms with Crippen LogP contribution in [0.3, 0.4) is 0 Å². The maximum Gasteiger partial charge on any atom is 0.299 e. The lowest BCUT2D eigenvalue weighted by Crippen LogP contribution is -2.16. The SMILES string of the molecule is C#CCn1c(=NC(=O)c2cnccn2)sc2cc(F)ccc21. The number of hydrogen-bond acceptors (Lipinski definition) is 4. The Morgan fingerprint density at radius 2 is 2.32 bits per heavy atom. The molecule has 0 saturated carbocycles. The monoisotopic (exact) mass is 312 g/mol. The summed E-state index contributed by atoms with van der Waals surface area (Å²) in [6, 6.07) is 4.35. The summed E-state index contributed by atoms with van der Waals surface area (Å²) in [5.41, 5.74) is 0.869.